The van der Waals surface area contributed by atoms with Gasteiger partial charge in [-0.3, -0.25) is 4.90 Å². The monoisotopic (exact) mass is 261 g/mol. The molecule has 0 amide bonds. The van der Waals surface area contributed by atoms with E-state index >= 15 is 0 Å². The Morgan fingerprint density at radius 1 is 1.42 bits per heavy atom. The van der Waals surface area contributed by atoms with Crippen LogP contribution in [0.5, 0.6) is 0 Å². The van der Waals surface area contributed by atoms with E-state index in [0.29, 0.717) is 12.1 Å². The standard InChI is InChI=1S/C15H20FN3/c1-15(18-2)6-8-19(9-7-15)11-13-5-3-4-12(10-17)14(13)16/h3-5,18H,6-9,11H2,1-2H3. The van der Waals surface area contributed by atoms with Crippen LogP contribution in [0.3, 0.4) is 0 Å². The van der Waals surface area contributed by atoms with Crippen molar-refractivity contribution in [3.8, 4) is 6.07 Å². The number of rotatable bonds is 3. The fourth-order valence-corrected chi connectivity index (χ4v) is 2.48. The Hall–Kier alpha value is -1.44. The minimum Gasteiger partial charge on any atom is -0.314 e. The lowest BCUT2D eigenvalue weighted by molar-refractivity contribution is 0.145. The third kappa shape index (κ3) is 3.12. The topological polar surface area (TPSA) is 39.1 Å². The second kappa shape index (κ2) is 5.68. The molecule has 0 radical (unpaired) electrons. The third-order valence-electron chi connectivity index (χ3n) is 4.16. The summed E-state index contributed by atoms with van der Waals surface area (Å²) in [5.41, 5.74) is 0.950. The van der Waals surface area contributed by atoms with Crippen molar-refractivity contribution in [3.05, 3.63) is 35.1 Å². The Labute approximate surface area is 114 Å². The number of nitriles is 1. The molecule has 1 fully saturated rings. The fourth-order valence-electron chi connectivity index (χ4n) is 2.48. The van der Waals surface area contributed by atoms with E-state index in [4.69, 9.17) is 5.26 Å². The maximum absolute atomic E-state index is 14.0. The highest BCUT2D eigenvalue weighted by atomic mass is 19.1. The van der Waals surface area contributed by atoms with Crippen LogP contribution in [0.15, 0.2) is 18.2 Å². The van der Waals surface area contributed by atoms with E-state index in [0.717, 1.165) is 25.9 Å². The summed E-state index contributed by atoms with van der Waals surface area (Å²) in [7, 11) is 1.99. The number of likely N-dealkylation sites (tertiary alicyclic amines) is 1. The number of benzene rings is 1. The van der Waals surface area contributed by atoms with Crippen molar-refractivity contribution in [2.75, 3.05) is 20.1 Å². The van der Waals surface area contributed by atoms with Crippen molar-refractivity contribution in [2.24, 2.45) is 0 Å². The molecule has 1 heterocycles. The van der Waals surface area contributed by atoms with Crippen LogP contribution in [0.1, 0.15) is 30.9 Å². The predicted octanol–water partition coefficient (Wildman–Crippen LogP) is 2.27. The molecule has 2 rings (SSSR count). The first-order chi connectivity index (χ1) is 9.08. The highest BCUT2D eigenvalue weighted by Crippen LogP contribution is 2.23. The van der Waals surface area contributed by atoms with Crippen LogP contribution in [0.25, 0.3) is 0 Å². The second-order valence-electron chi connectivity index (χ2n) is 5.48. The van der Waals surface area contributed by atoms with E-state index in [1.54, 1.807) is 12.1 Å². The molecule has 1 saturated heterocycles. The molecule has 1 aliphatic heterocycles. The molecule has 0 aromatic heterocycles. The van der Waals surface area contributed by atoms with E-state index in [1.807, 2.05) is 13.1 Å². The molecule has 0 saturated carbocycles. The number of halogens is 1. The van der Waals surface area contributed by atoms with Crippen molar-refractivity contribution in [3.63, 3.8) is 0 Å². The molecule has 0 aliphatic carbocycles. The maximum atomic E-state index is 14.0. The quantitative estimate of drug-likeness (QED) is 0.907. The Bertz CT molecular complexity index is 485. The molecule has 1 aliphatic rings. The first-order valence-electron chi connectivity index (χ1n) is 6.67. The Balaban J connectivity index is 2.02. The zero-order valence-corrected chi connectivity index (χ0v) is 11.5. The van der Waals surface area contributed by atoms with Crippen LogP contribution >= 0.6 is 0 Å². The van der Waals surface area contributed by atoms with Crippen LogP contribution in [0, 0.1) is 17.1 Å². The summed E-state index contributed by atoms with van der Waals surface area (Å²) in [5.74, 6) is -0.369. The normalized spacial score (nSPS) is 19.1. The van der Waals surface area contributed by atoms with E-state index in [9.17, 15) is 4.39 Å². The van der Waals surface area contributed by atoms with Crippen LogP contribution in [-0.2, 0) is 6.54 Å². The summed E-state index contributed by atoms with van der Waals surface area (Å²) < 4.78 is 14.0. The van der Waals surface area contributed by atoms with Gasteiger partial charge < -0.3 is 5.32 Å². The van der Waals surface area contributed by atoms with Crippen molar-refractivity contribution < 1.29 is 4.39 Å². The first-order valence-corrected chi connectivity index (χ1v) is 6.67. The molecule has 0 unspecified atom stereocenters. The molecule has 0 bridgehead atoms. The molecule has 3 nitrogen and oxygen atoms in total. The zero-order chi connectivity index (χ0) is 13.9. The third-order valence-corrected chi connectivity index (χ3v) is 4.16. The molecular weight excluding hydrogens is 241 g/mol. The lowest BCUT2D eigenvalue weighted by atomic mass is 9.89. The van der Waals surface area contributed by atoms with Crippen LogP contribution < -0.4 is 5.32 Å². The van der Waals surface area contributed by atoms with Gasteiger partial charge in [-0.1, -0.05) is 12.1 Å². The van der Waals surface area contributed by atoms with E-state index in [2.05, 4.69) is 17.1 Å². The van der Waals surface area contributed by atoms with Gasteiger partial charge in [-0.05, 0) is 32.9 Å². The van der Waals surface area contributed by atoms with Gasteiger partial charge in [-0.25, -0.2) is 4.39 Å². The van der Waals surface area contributed by atoms with Gasteiger partial charge in [-0.15, -0.1) is 0 Å². The number of nitrogens with zero attached hydrogens (tertiary/aromatic N) is 2. The van der Waals surface area contributed by atoms with Crippen LogP contribution in [0.4, 0.5) is 4.39 Å². The zero-order valence-electron chi connectivity index (χ0n) is 11.5. The lowest BCUT2D eigenvalue weighted by Gasteiger charge is -2.39. The Kier molecular flexibility index (Phi) is 4.18. The summed E-state index contributed by atoms with van der Waals surface area (Å²) in [6.45, 7) is 4.71. The van der Waals surface area contributed by atoms with E-state index in [-0.39, 0.29) is 16.9 Å². The average molecular weight is 261 g/mol. The molecule has 4 heteroatoms. The fraction of sp³-hybridized carbons (Fsp3) is 0.533. The van der Waals surface area contributed by atoms with E-state index < -0.39 is 0 Å². The number of hydrogen-bond acceptors (Lipinski definition) is 3. The van der Waals surface area contributed by atoms with Crippen molar-refractivity contribution in [1.29, 1.82) is 5.26 Å². The maximum Gasteiger partial charge on any atom is 0.145 e. The smallest absolute Gasteiger partial charge is 0.145 e. The number of piperidine rings is 1. The van der Waals surface area contributed by atoms with Gasteiger partial charge in [0.05, 0.1) is 5.56 Å². The highest BCUT2D eigenvalue weighted by Gasteiger charge is 2.28. The van der Waals surface area contributed by atoms with Gasteiger partial charge in [0.25, 0.3) is 0 Å². The predicted molar refractivity (Wildman–Crippen MR) is 73.1 cm³/mol. The van der Waals surface area contributed by atoms with Crippen molar-refractivity contribution >= 4 is 0 Å². The van der Waals surface area contributed by atoms with Gasteiger partial charge in [0.15, 0.2) is 0 Å². The first kappa shape index (κ1) is 14.0. The molecule has 1 N–H and O–H groups in total. The number of hydrogen-bond donors (Lipinski definition) is 1. The molecule has 0 spiro atoms. The van der Waals surface area contributed by atoms with Gasteiger partial charge in [0.1, 0.15) is 11.9 Å². The molecule has 19 heavy (non-hydrogen) atoms. The van der Waals surface area contributed by atoms with Crippen LogP contribution in [-0.4, -0.2) is 30.6 Å². The molecule has 0 atom stereocenters. The molecule has 1 aromatic carbocycles. The molecule has 1 aromatic rings. The largest absolute Gasteiger partial charge is 0.314 e. The number of nitrogens with one attached hydrogen (secondary N) is 1. The minimum absolute atomic E-state index is 0.134. The van der Waals surface area contributed by atoms with E-state index in [1.165, 1.54) is 6.07 Å². The summed E-state index contributed by atoms with van der Waals surface area (Å²) in [4.78, 5) is 2.25. The summed E-state index contributed by atoms with van der Waals surface area (Å²) in [5, 5.41) is 12.2. The highest BCUT2D eigenvalue weighted by molar-refractivity contribution is 5.34. The lowest BCUT2D eigenvalue weighted by Crippen LogP contribution is -2.49. The molecular formula is C15H20FN3. The Morgan fingerprint density at radius 2 is 2.11 bits per heavy atom. The summed E-state index contributed by atoms with van der Waals surface area (Å²) in [6, 6.07) is 6.93. The molecule has 102 valence electrons. The second-order valence-corrected chi connectivity index (χ2v) is 5.48. The minimum atomic E-state index is -0.369. The van der Waals surface area contributed by atoms with Gasteiger partial charge >= 0.3 is 0 Å². The van der Waals surface area contributed by atoms with Gasteiger partial charge in [0, 0.05) is 30.7 Å². The van der Waals surface area contributed by atoms with Crippen LogP contribution in [0.2, 0.25) is 0 Å². The van der Waals surface area contributed by atoms with Gasteiger partial charge in [-0.2, -0.15) is 5.26 Å². The summed E-state index contributed by atoms with van der Waals surface area (Å²) >= 11 is 0. The average Bonchev–Trinajstić information content (AvgIpc) is 2.44. The van der Waals surface area contributed by atoms with Crippen molar-refractivity contribution in [1.82, 2.24) is 10.2 Å². The Morgan fingerprint density at radius 3 is 2.68 bits per heavy atom. The van der Waals surface area contributed by atoms with Gasteiger partial charge in [0.2, 0.25) is 0 Å². The SMILES string of the molecule is CNC1(C)CCN(Cc2cccc(C#N)c2F)CC1. The summed E-state index contributed by atoms with van der Waals surface area (Å²) in [6.07, 6.45) is 2.12. The van der Waals surface area contributed by atoms with Crippen molar-refractivity contribution in [2.45, 2.75) is 31.8 Å².